The van der Waals surface area contributed by atoms with Crippen LogP contribution < -0.4 is 5.19 Å². The standard InChI is InChI=1S/C11H15ClSi/c1-4-10-5-7-11(8-6-10)13(2,3)9-12/h4-8H,1,9H2,2-3H3. The van der Waals surface area contributed by atoms with Crippen molar-refractivity contribution in [1.82, 2.24) is 0 Å². The summed E-state index contributed by atoms with van der Waals surface area (Å²) in [6.45, 7) is 8.29. The first-order valence-corrected chi connectivity index (χ1v) is 8.13. The molecule has 0 aliphatic rings. The van der Waals surface area contributed by atoms with Gasteiger partial charge in [-0.15, -0.1) is 11.6 Å². The Labute approximate surface area is 86.3 Å². The van der Waals surface area contributed by atoms with E-state index in [1.807, 2.05) is 6.08 Å². The summed E-state index contributed by atoms with van der Waals surface area (Å²) >= 11 is 5.94. The minimum atomic E-state index is -1.36. The Morgan fingerprint density at radius 1 is 1.31 bits per heavy atom. The van der Waals surface area contributed by atoms with Crippen LogP contribution in [0, 0.1) is 0 Å². The van der Waals surface area contributed by atoms with E-state index in [-0.39, 0.29) is 0 Å². The summed E-state index contributed by atoms with van der Waals surface area (Å²) in [6, 6.07) is 8.55. The van der Waals surface area contributed by atoms with E-state index in [0.29, 0.717) is 0 Å². The average molecular weight is 211 g/mol. The highest BCUT2D eigenvalue weighted by molar-refractivity contribution is 6.94. The van der Waals surface area contributed by atoms with Crippen LogP contribution in [-0.2, 0) is 0 Å². The summed E-state index contributed by atoms with van der Waals surface area (Å²) < 4.78 is 0. The maximum atomic E-state index is 5.94. The molecule has 70 valence electrons. The average Bonchev–Trinajstić information content (AvgIpc) is 2.18. The summed E-state index contributed by atoms with van der Waals surface area (Å²) in [5.41, 5.74) is 1.95. The smallest absolute Gasteiger partial charge is 0.0959 e. The molecule has 0 aliphatic carbocycles. The molecule has 0 N–H and O–H groups in total. The summed E-state index contributed by atoms with van der Waals surface area (Å²) in [5, 5.41) is 1.41. The van der Waals surface area contributed by atoms with E-state index >= 15 is 0 Å². The SMILES string of the molecule is C=Cc1ccc([Si](C)(C)CCl)cc1. The van der Waals surface area contributed by atoms with Gasteiger partial charge in [-0.2, -0.15) is 0 Å². The zero-order valence-corrected chi connectivity index (χ0v) is 9.93. The molecule has 0 bridgehead atoms. The topological polar surface area (TPSA) is 0 Å². The molecule has 0 radical (unpaired) electrons. The lowest BCUT2D eigenvalue weighted by Gasteiger charge is -2.19. The Balaban J connectivity index is 2.98. The predicted molar refractivity (Wildman–Crippen MR) is 64.4 cm³/mol. The Morgan fingerprint density at radius 2 is 1.85 bits per heavy atom. The van der Waals surface area contributed by atoms with E-state index < -0.39 is 8.07 Å². The fourth-order valence-electron chi connectivity index (χ4n) is 1.15. The predicted octanol–water partition coefficient (Wildman–Crippen LogP) is 3.02. The summed E-state index contributed by atoms with van der Waals surface area (Å²) in [5.74, 6) is 0. The third-order valence-electron chi connectivity index (χ3n) is 2.26. The van der Waals surface area contributed by atoms with Crippen molar-refractivity contribution in [2.75, 3.05) is 5.50 Å². The van der Waals surface area contributed by atoms with Gasteiger partial charge in [0.25, 0.3) is 0 Å². The molecule has 0 aliphatic heterocycles. The van der Waals surface area contributed by atoms with Gasteiger partial charge < -0.3 is 0 Å². The van der Waals surface area contributed by atoms with Gasteiger partial charge in [0.05, 0.1) is 8.07 Å². The Kier molecular flexibility index (Phi) is 3.34. The van der Waals surface area contributed by atoms with Crippen LogP contribution in [0.25, 0.3) is 6.08 Å². The number of hydrogen-bond acceptors (Lipinski definition) is 0. The maximum Gasteiger partial charge on any atom is 0.0959 e. The second-order valence-corrected chi connectivity index (χ2v) is 9.26. The van der Waals surface area contributed by atoms with E-state index in [2.05, 4.69) is 43.9 Å². The molecular formula is C11H15ClSi. The van der Waals surface area contributed by atoms with Crippen LogP contribution in [0.2, 0.25) is 13.1 Å². The van der Waals surface area contributed by atoms with Gasteiger partial charge in [-0.05, 0) is 5.56 Å². The number of benzene rings is 1. The van der Waals surface area contributed by atoms with E-state index in [9.17, 15) is 0 Å². The van der Waals surface area contributed by atoms with Crippen molar-refractivity contribution in [3.8, 4) is 0 Å². The van der Waals surface area contributed by atoms with Crippen LogP contribution in [0.15, 0.2) is 30.8 Å². The van der Waals surface area contributed by atoms with Crippen LogP contribution in [0.4, 0.5) is 0 Å². The van der Waals surface area contributed by atoms with Gasteiger partial charge >= 0.3 is 0 Å². The van der Waals surface area contributed by atoms with Crippen molar-refractivity contribution in [3.05, 3.63) is 36.4 Å². The number of alkyl halides is 1. The molecule has 1 rings (SSSR count). The van der Waals surface area contributed by atoms with Gasteiger partial charge in [0.1, 0.15) is 0 Å². The summed E-state index contributed by atoms with van der Waals surface area (Å²) in [6.07, 6.45) is 1.86. The van der Waals surface area contributed by atoms with Gasteiger partial charge in [-0.3, -0.25) is 0 Å². The first-order chi connectivity index (χ1) is 6.10. The second kappa shape index (κ2) is 4.12. The lowest BCUT2D eigenvalue weighted by atomic mass is 10.2. The number of halogens is 1. The minimum absolute atomic E-state index is 0.778. The highest BCUT2D eigenvalue weighted by Gasteiger charge is 2.21. The van der Waals surface area contributed by atoms with Crippen LogP contribution in [0.5, 0.6) is 0 Å². The molecule has 0 amide bonds. The maximum absolute atomic E-state index is 5.94. The largest absolute Gasteiger partial charge is 0.130 e. The molecule has 0 unspecified atom stereocenters. The molecule has 1 aromatic rings. The fraction of sp³-hybridized carbons (Fsp3) is 0.273. The fourth-order valence-corrected chi connectivity index (χ4v) is 2.83. The van der Waals surface area contributed by atoms with Crippen molar-refractivity contribution in [2.45, 2.75) is 13.1 Å². The quantitative estimate of drug-likeness (QED) is 0.532. The Hall–Kier alpha value is -0.533. The van der Waals surface area contributed by atoms with Crippen molar-refractivity contribution in [1.29, 1.82) is 0 Å². The first-order valence-electron chi connectivity index (χ1n) is 4.39. The molecule has 0 aromatic heterocycles. The molecular weight excluding hydrogens is 196 g/mol. The lowest BCUT2D eigenvalue weighted by molar-refractivity contribution is 1.63. The molecule has 1 aromatic carbocycles. The molecule has 2 heteroatoms. The van der Waals surface area contributed by atoms with Gasteiger partial charge in [0.15, 0.2) is 0 Å². The van der Waals surface area contributed by atoms with E-state index in [4.69, 9.17) is 11.6 Å². The third kappa shape index (κ3) is 2.45. The second-order valence-electron chi connectivity index (χ2n) is 3.84. The molecule has 13 heavy (non-hydrogen) atoms. The van der Waals surface area contributed by atoms with Gasteiger partial charge in [0, 0.05) is 5.50 Å². The van der Waals surface area contributed by atoms with Crippen LogP contribution in [0.1, 0.15) is 5.56 Å². The van der Waals surface area contributed by atoms with Crippen LogP contribution in [-0.4, -0.2) is 13.6 Å². The number of rotatable bonds is 3. The monoisotopic (exact) mass is 210 g/mol. The van der Waals surface area contributed by atoms with Crippen molar-refractivity contribution < 1.29 is 0 Å². The highest BCUT2D eigenvalue weighted by atomic mass is 35.5. The van der Waals surface area contributed by atoms with Gasteiger partial charge in [-0.25, -0.2) is 0 Å². The van der Waals surface area contributed by atoms with E-state index in [1.54, 1.807) is 0 Å². The van der Waals surface area contributed by atoms with Crippen LogP contribution >= 0.6 is 11.6 Å². The van der Waals surface area contributed by atoms with Gasteiger partial charge in [-0.1, -0.05) is 55.2 Å². The Morgan fingerprint density at radius 3 is 2.23 bits per heavy atom. The van der Waals surface area contributed by atoms with Crippen molar-refractivity contribution in [2.24, 2.45) is 0 Å². The summed E-state index contributed by atoms with van der Waals surface area (Å²) in [7, 11) is -1.36. The van der Waals surface area contributed by atoms with Gasteiger partial charge in [0.2, 0.25) is 0 Å². The lowest BCUT2D eigenvalue weighted by Crippen LogP contribution is -2.43. The zero-order valence-electron chi connectivity index (χ0n) is 8.18. The third-order valence-corrected chi connectivity index (χ3v) is 6.83. The number of hydrogen-bond donors (Lipinski definition) is 0. The molecule has 0 heterocycles. The molecule has 0 nitrogen and oxygen atoms in total. The molecule has 0 saturated carbocycles. The highest BCUT2D eigenvalue weighted by Crippen LogP contribution is 2.07. The molecule has 0 fully saturated rings. The first kappa shape index (κ1) is 10.5. The van der Waals surface area contributed by atoms with Crippen LogP contribution in [0.3, 0.4) is 0 Å². The van der Waals surface area contributed by atoms with Crippen molar-refractivity contribution in [3.63, 3.8) is 0 Å². The Bertz CT molecular complexity index is 287. The van der Waals surface area contributed by atoms with E-state index in [0.717, 1.165) is 5.50 Å². The molecule has 0 atom stereocenters. The normalized spacial score (nSPS) is 11.3. The summed E-state index contributed by atoms with van der Waals surface area (Å²) in [4.78, 5) is 0. The molecule has 0 spiro atoms. The minimum Gasteiger partial charge on any atom is -0.130 e. The van der Waals surface area contributed by atoms with Crippen molar-refractivity contribution >= 4 is 30.9 Å². The zero-order chi connectivity index (χ0) is 9.90. The van der Waals surface area contributed by atoms with E-state index in [1.165, 1.54) is 10.8 Å². The molecule has 0 saturated heterocycles.